The van der Waals surface area contributed by atoms with Crippen molar-refractivity contribution in [3.63, 3.8) is 0 Å². The van der Waals surface area contributed by atoms with Gasteiger partial charge in [-0.2, -0.15) is 5.26 Å². The smallest absolute Gasteiger partial charge is 0.201 e. The molecule has 3 rings (SSSR count). The molecule has 19 heavy (non-hydrogen) atoms. The van der Waals surface area contributed by atoms with Gasteiger partial charge in [-0.05, 0) is 24.3 Å². The normalized spacial score (nSPS) is 10.7. The standard InChI is InChI=1S/C13H9ClN4S/c14-11-5-4-9(19-11)7-18-10-3-1-2-8(6-15)12(10)17-13(18)16/h1-5H,7H2,(H2,16,17). The summed E-state index contributed by atoms with van der Waals surface area (Å²) in [5.41, 5.74) is 7.99. The molecule has 4 nitrogen and oxygen atoms in total. The SMILES string of the molecule is N#Cc1cccc2c1nc(N)n2Cc1ccc(Cl)s1. The molecule has 2 heterocycles. The highest BCUT2D eigenvalue weighted by atomic mass is 35.5. The fraction of sp³-hybridized carbons (Fsp3) is 0.0769. The molecule has 2 N–H and O–H groups in total. The summed E-state index contributed by atoms with van der Waals surface area (Å²) in [6.45, 7) is 0.606. The number of aromatic nitrogens is 2. The van der Waals surface area contributed by atoms with Crippen molar-refractivity contribution in [3.8, 4) is 6.07 Å². The van der Waals surface area contributed by atoms with Gasteiger partial charge in [0.05, 0.1) is 22.0 Å². The number of nitrogen functional groups attached to an aromatic ring is 1. The van der Waals surface area contributed by atoms with Crippen molar-refractivity contribution in [1.82, 2.24) is 9.55 Å². The number of benzene rings is 1. The summed E-state index contributed by atoms with van der Waals surface area (Å²) in [5, 5.41) is 9.07. The summed E-state index contributed by atoms with van der Waals surface area (Å²) in [6.07, 6.45) is 0. The molecule has 0 fully saturated rings. The monoisotopic (exact) mass is 288 g/mol. The first kappa shape index (κ1) is 12.0. The molecular weight excluding hydrogens is 280 g/mol. The molecule has 2 aromatic heterocycles. The van der Waals surface area contributed by atoms with Gasteiger partial charge >= 0.3 is 0 Å². The number of rotatable bonds is 2. The Bertz CT molecular complexity index is 797. The second-order valence-corrected chi connectivity index (χ2v) is 5.85. The lowest BCUT2D eigenvalue weighted by Gasteiger charge is -2.04. The molecule has 0 amide bonds. The average Bonchev–Trinajstić information content (AvgIpc) is 2.94. The number of nitriles is 1. The molecule has 0 atom stereocenters. The highest BCUT2D eigenvalue weighted by molar-refractivity contribution is 7.16. The lowest BCUT2D eigenvalue weighted by atomic mass is 10.2. The second kappa shape index (κ2) is 4.57. The molecule has 1 aromatic carbocycles. The number of imidazole rings is 1. The van der Waals surface area contributed by atoms with Crippen LogP contribution in [0.15, 0.2) is 30.3 Å². The molecular formula is C13H9ClN4S. The van der Waals surface area contributed by atoms with Gasteiger partial charge in [-0.15, -0.1) is 11.3 Å². The number of halogens is 1. The van der Waals surface area contributed by atoms with Gasteiger partial charge in [0.25, 0.3) is 0 Å². The lowest BCUT2D eigenvalue weighted by Crippen LogP contribution is -2.03. The summed E-state index contributed by atoms with van der Waals surface area (Å²) in [5.74, 6) is 0.405. The van der Waals surface area contributed by atoms with Crippen LogP contribution in [0.1, 0.15) is 10.4 Å². The van der Waals surface area contributed by atoms with Gasteiger partial charge in [0.1, 0.15) is 11.6 Å². The molecule has 0 unspecified atom stereocenters. The van der Waals surface area contributed by atoms with Crippen molar-refractivity contribution in [2.75, 3.05) is 5.73 Å². The van der Waals surface area contributed by atoms with Crippen molar-refractivity contribution in [2.45, 2.75) is 6.54 Å². The number of para-hydroxylation sites is 1. The zero-order valence-electron chi connectivity index (χ0n) is 9.80. The van der Waals surface area contributed by atoms with Crippen LogP contribution in [0.2, 0.25) is 4.34 Å². The summed E-state index contributed by atoms with van der Waals surface area (Å²) in [6, 6.07) is 11.4. The highest BCUT2D eigenvalue weighted by Crippen LogP contribution is 2.26. The van der Waals surface area contributed by atoms with Crippen LogP contribution in [0.4, 0.5) is 5.95 Å². The van der Waals surface area contributed by atoms with Crippen LogP contribution in [0.5, 0.6) is 0 Å². The van der Waals surface area contributed by atoms with E-state index < -0.39 is 0 Å². The van der Waals surface area contributed by atoms with E-state index in [1.54, 1.807) is 6.07 Å². The van der Waals surface area contributed by atoms with Crippen LogP contribution in [0, 0.1) is 11.3 Å². The molecule has 0 bridgehead atoms. The van der Waals surface area contributed by atoms with Crippen molar-refractivity contribution in [1.29, 1.82) is 5.26 Å². The summed E-state index contributed by atoms with van der Waals surface area (Å²) in [4.78, 5) is 5.37. The minimum atomic E-state index is 0.405. The molecule has 94 valence electrons. The van der Waals surface area contributed by atoms with E-state index in [9.17, 15) is 0 Å². The zero-order valence-corrected chi connectivity index (χ0v) is 11.4. The van der Waals surface area contributed by atoms with Gasteiger partial charge in [-0.1, -0.05) is 17.7 Å². The first-order valence-electron chi connectivity index (χ1n) is 5.58. The Morgan fingerprint density at radius 1 is 1.37 bits per heavy atom. The Morgan fingerprint density at radius 3 is 2.89 bits per heavy atom. The largest absolute Gasteiger partial charge is 0.369 e. The molecule has 3 aromatic rings. The number of hydrogen-bond donors (Lipinski definition) is 1. The van der Waals surface area contributed by atoms with Crippen LogP contribution < -0.4 is 5.73 Å². The van der Waals surface area contributed by atoms with Gasteiger partial charge < -0.3 is 10.3 Å². The van der Waals surface area contributed by atoms with E-state index in [0.717, 1.165) is 14.7 Å². The molecule has 0 aliphatic carbocycles. The Balaban J connectivity index is 2.14. The summed E-state index contributed by atoms with van der Waals surface area (Å²) in [7, 11) is 0. The molecule has 6 heteroatoms. The van der Waals surface area contributed by atoms with E-state index >= 15 is 0 Å². The first-order valence-corrected chi connectivity index (χ1v) is 6.77. The number of nitrogens with zero attached hydrogens (tertiary/aromatic N) is 3. The van der Waals surface area contributed by atoms with Gasteiger partial charge in [-0.3, -0.25) is 0 Å². The quantitative estimate of drug-likeness (QED) is 0.787. The predicted octanol–water partition coefficient (Wildman–Crippen LogP) is 3.25. The minimum Gasteiger partial charge on any atom is -0.369 e. The van der Waals surface area contributed by atoms with Gasteiger partial charge in [0, 0.05) is 4.88 Å². The molecule has 0 aliphatic rings. The molecule has 0 saturated heterocycles. The topological polar surface area (TPSA) is 67.6 Å². The van der Waals surface area contributed by atoms with Crippen LogP contribution in [0.25, 0.3) is 11.0 Å². The predicted molar refractivity (Wildman–Crippen MR) is 77.3 cm³/mol. The Morgan fingerprint density at radius 2 is 2.21 bits per heavy atom. The average molecular weight is 289 g/mol. The van der Waals surface area contributed by atoms with Crippen LogP contribution in [0.3, 0.4) is 0 Å². The molecule has 0 spiro atoms. The fourth-order valence-corrected chi connectivity index (χ4v) is 3.09. The van der Waals surface area contributed by atoms with Crippen molar-refractivity contribution in [3.05, 3.63) is 45.1 Å². The van der Waals surface area contributed by atoms with E-state index in [4.69, 9.17) is 22.6 Å². The van der Waals surface area contributed by atoms with Gasteiger partial charge in [0.15, 0.2) is 0 Å². The first-order chi connectivity index (χ1) is 9.19. The van der Waals surface area contributed by atoms with E-state index in [-0.39, 0.29) is 0 Å². The third-order valence-corrected chi connectivity index (χ3v) is 4.09. The van der Waals surface area contributed by atoms with Gasteiger partial charge in [-0.25, -0.2) is 4.98 Å². The zero-order chi connectivity index (χ0) is 13.4. The maximum atomic E-state index is 9.07. The van der Waals surface area contributed by atoms with Gasteiger partial charge in [0.2, 0.25) is 5.95 Å². The van der Waals surface area contributed by atoms with Crippen molar-refractivity contribution < 1.29 is 0 Å². The van der Waals surface area contributed by atoms with Crippen LogP contribution in [-0.2, 0) is 6.54 Å². The van der Waals surface area contributed by atoms with E-state index in [1.165, 1.54) is 11.3 Å². The third-order valence-electron chi connectivity index (χ3n) is 2.87. The Kier molecular flexibility index (Phi) is 2.90. The molecule has 0 aliphatic heterocycles. The minimum absolute atomic E-state index is 0.405. The summed E-state index contributed by atoms with van der Waals surface area (Å²) >= 11 is 7.44. The molecule has 0 radical (unpaired) electrons. The van der Waals surface area contributed by atoms with E-state index in [1.807, 2.05) is 28.8 Å². The second-order valence-electron chi connectivity index (χ2n) is 4.05. The van der Waals surface area contributed by atoms with Crippen LogP contribution in [-0.4, -0.2) is 9.55 Å². The lowest BCUT2D eigenvalue weighted by molar-refractivity contribution is 0.853. The van der Waals surface area contributed by atoms with E-state index in [2.05, 4.69) is 11.1 Å². The van der Waals surface area contributed by atoms with E-state index in [0.29, 0.717) is 23.6 Å². The number of hydrogen-bond acceptors (Lipinski definition) is 4. The van der Waals surface area contributed by atoms with Crippen molar-refractivity contribution in [2.24, 2.45) is 0 Å². The Hall–Kier alpha value is -2.03. The number of fused-ring (bicyclic) bond motifs is 1. The maximum Gasteiger partial charge on any atom is 0.201 e. The fourth-order valence-electron chi connectivity index (χ4n) is 2.01. The van der Waals surface area contributed by atoms with Crippen LogP contribution >= 0.6 is 22.9 Å². The summed E-state index contributed by atoms with van der Waals surface area (Å²) < 4.78 is 2.63. The maximum absolute atomic E-state index is 9.07. The number of anilines is 1. The third kappa shape index (κ3) is 2.05. The molecule has 0 saturated carbocycles. The highest BCUT2D eigenvalue weighted by Gasteiger charge is 2.12. The number of nitrogens with two attached hydrogens (primary N) is 1. The number of thiophene rings is 1. The van der Waals surface area contributed by atoms with Crippen molar-refractivity contribution >= 4 is 39.9 Å². The Labute approximate surface area is 118 Å².